The summed E-state index contributed by atoms with van der Waals surface area (Å²) in [5.41, 5.74) is 0.555. The highest BCUT2D eigenvalue weighted by Gasteiger charge is 2.30. The minimum absolute atomic E-state index is 0. The van der Waals surface area contributed by atoms with Crippen molar-refractivity contribution in [1.82, 2.24) is 14.5 Å². The number of hydrogen-bond acceptors (Lipinski definition) is 4. The summed E-state index contributed by atoms with van der Waals surface area (Å²) < 4.78 is 27.3. The molecule has 0 radical (unpaired) electrons. The molecule has 1 amide bonds. The minimum Gasteiger partial charge on any atom is -0.338 e. The highest BCUT2D eigenvalue weighted by Crippen LogP contribution is 2.27. The molecule has 2 fully saturated rings. The second-order valence-electron chi connectivity index (χ2n) is 7.80. The van der Waals surface area contributed by atoms with E-state index in [1.807, 2.05) is 11.9 Å². The van der Waals surface area contributed by atoms with Gasteiger partial charge in [-0.15, -0.1) is 12.4 Å². The molecule has 1 heterocycles. The van der Waals surface area contributed by atoms with E-state index >= 15 is 0 Å². The standard InChI is InChI=1S/C20H31N3O3S.ClH/c1-21-14-16-12-13-23(15-16)20(24)17-8-10-19(11-9-17)27(25,26)22(2)18-6-4-3-5-7-18;/h8-11,16,18,21H,3-7,12-15H2,1-2H3;1H. The van der Waals surface area contributed by atoms with Gasteiger partial charge in [0, 0.05) is 31.7 Å². The third-order valence-electron chi connectivity index (χ3n) is 5.93. The lowest BCUT2D eigenvalue weighted by Crippen LogP contribution is -2.38. The van der Waals surface area contributed by atoms with Crippen molar-refractivity contribution in [3.63, 3.8) is 0 Å². The van der Waals surface area contributed by atoms with Crippen molar-refractivity contribution in [3.05, 3.63) is 29.8 Å². The lowest BCUT2D eigenvalue weighted by atomic mass is 9.96. The van der Waals surface area contributed by atoms with E-state index in [0.717, 1.165) is 51.7 Å². The Hall–Kier alpha value is -1.15. The molecule has 1 aromatic carbocycles. The van der Waals surface area contributed by atoms with E-state index in [1.165, 1.54) is 10.7 Å². The lowest BCUT2D eigenvalue weighted by Gasteiger charge is -2.30. The molecule has 2 aliphatic rings. The fraction of sp³-hybridized carbons (Fsp3) is 0.650. The zero-order valence-corrected chi connectivity index (χ0v) is 18.4. The number of nitrogens with zero attached hydrogens (tertiary/aromatic N) is 2. The van der Waals surface area contributed by atoms with Crippen molar-refractivity contribution in [3.8, 4) is 0 Å². The fourth-order valence-electron chi connectivity index (χ4n) is 4.23. The van der Waals surface area contributed by atoms with Gasteiger partial charge in [0.05, 0.1) is 4.90 Å². The molecule has 1 aliphatic heterocycles. The van der Waals surface area contributed by atoms with Crippen LogP contribution in [-0.4, -0.2) is 63.3 Å². The zero-order chi connectivity index (χ0) is 19.4. The smallest absolute Gasteiger partial charge is 0.253 e. The summed E-state index contributed by atoms with van der Waals surface area (Å²) in [4.78, 5) is 14.8. The van der Waals surface area contributed by atoms with Crippen molar-refractivity contribution in [1.29, 1.82) is 0 Å². The SMILES string of the molecule is CNCC1CCN(C(=O)c2ccc(S(=O)(=O)N(C)C3CCCCC3)cc2)C1.Cl. The molecule has 8 heteroatoms. The van der Waals surface area contributed by atoms with Crippen LogP contribution in [-0.2, 0) is 10.0 Å². The van der Waals surface area contributed by atoms with Crippen molar-refractivity contribution < 1.29 is 13.2 Å². The van der Waals surface area contributed by atoms with Crippen LogP contribution >= 0.6 is 12.4 Å². The van der Waals surface area contributed by atoms with E-state index in [0.29, 0.717) is 11.5 Å². The number of carbonyl (C=O) groups excluding carboxylic acids is 1. The van der Waals surface area contributed by atoms with Crippen LogP contribution in [0.5, 0.6) is 0 Å². The Labute approximate surface area is 175 Å². The number of likely N-dealkylation sites (tertiary alicyclic amines) is 1. The van der Waals surface area contributed by atoms with Crippen molar-refractivity contribution in [2.45, 2.75) is 49.5 Å². The lowest BCUT2D eigenvalue weighted by molar-refractivity contribution is 0.0787. The molecule has 1 unspecified atom stereocenters. The van der Waals surface area contributed by atoms with Gasteiger partial charge in [0.25, 0.3) is 5.91 Å². The van der Waals surface area contributed by atoms with Crippen LogP contribution in [0, 0.1) is 5.92 Å². The van der Waals surface area contributed by atoms with E-state index in [2.05, 4.69) is 5.32 Å². The third kappa shape index (κ3) is 5.06. The van der Waals surface area contributed by atoms with Gasteiger partial charge >= 0.3 is 0 Å². The van der Waals surface area contributed by atoms with Gasteiger partial charge < -0.3 is 10.2 Å². The molecule has 0 bridgehead atoms. The zero-order valence-electron chi connectivity index (χ0n) is 16.8. The van der Waals surface area contributed by atoms with E-state index in [-0.39, 0.29) is 29.3 Å². The van der Waals surface area contributed by atoms with Gasteiger partial charge in [0.1, 0.15) is 0 Å². The second-order valence-corrected chi connectivity index (χ2v) is 9.80. The monoisotopic (exact) mass is 429 g/mol. The Kier molecular flexibility index (Phi) is 8.30. The molecule has 1 saturated heterocycles. The van der Waals surface area contributed by atoms with Crippen LogP contribution in [0.1, 0.15) is 48.9 Å². The summed E-state index contributed by atoms with van der Waals surface area (Å²) >= 11 is 0. The molecule has 1 atom stereocenters. The number of amides is 1. The number of sulfonamides is 1. The number of hydrogen-bond donors (Lipinski definition) is 1. The molecule has 1 N–H and O–H groups in total. The average Bonchev–Trinajstić information content (AvgIpc) is 3.16. The van der Waals surface area contributed by atoms with Gasteiger partial charge in [-0.1, -0.05) is 19.3 Å². The molecular weight excluding hydrogens is 398 g/mol. The second kappa shape index (κ2) is 10.1. The number of benzene rings is 1. The first kappa shape index (κ1) is 23.1. The van der Waals surface area contributed by atoms with Crippen LogP contribution in [0.2, 0.25) is 0 Å². The largest absolute Gasteiger partial charge is 0.338 e. The van der Waals surface area contributed by atoms with Gasteiger partial charge in [-0.05, 0) is 63.0 Å². The predicted octanol–water partition coefficient (Wildman–Crippen LogP) is 2.74. The Morgan fingerprint density at radius 3 is 2.39 bits per heavy atom. The summed E-state index contributed by atoms with van der Waals surface area (Å²) in [5.74, 6) is 0.473. The number of halogens is 1. The molecular formula is C20H32ClN3O3S. The number of rotatable bonds is 6. The van der Waals surface area contributed by atoms with Gasteiger partial charge in [-0.25, -0.2) is 8.42 Å². The van der Waals surface area contributed by atoms with E-state index in [4.69, 9.17) is 0 Å². The Bertz CT molecular complexity index is 748. The van der Waals surface area contributed by atoms with E-state index in [1.54, 1.807) is 31.3 Å². The molecule has 1 aliphatic carbocycles. The van der Waals surface area contributed by atoms with Gasteiger partial charge in [0.15, 0.2) is 0 Å². The first-order valence-electron chi connectivity index (χ1n) is 9.95. The van der Waals surface area contributed by atoms with Crippen LogP contribution in [0.25, 0.3) is 0 Å². The van der Waals surface area contributed by atoms with Crippen LogP contribution < -0.4 is 5.32 Å². The normalized spacial score (nSPS) is 21.0. The van der Waals surface area contributed by atoms with Crippen molar-refractivity contribution in [2.24, 2.45) is 5.92 Å². The van der Waals surface area contributed by atoms with Crippen molar-refractivity contribution >= 4 is 28.3 Å². The maximum Gasteiger partial charge on any atom is 0.253 e. The number of nitrogens with one attached hydrogen (secondary N) is 1. The molecule has 0 aromatic heterocycles. The summed E-state index contributed by atoms with van der Waals surface area (Å²) in [7, 11) is 0.0856. The molecule has 1 aromatic rings. The maximum atomic E-state index is 12.9. The van der Waals surface area contributed by atoms with E-state index < -0.39 is 10.0 Å². The van der Waals surface area contributed by atoms with Crippen LogP contribution in [0.4, 0.5) is 0 Å². The Balaban J connectivity index is 0.00000280. The van der Waals surface area contributed by atoms with Gasteiger partial charge in [-0.3, -0.25) is 4.79 Å². The molecule has 158 valence electrons. The Morgan fingerprint density at radius 2 is 1.79 bits per heavy atom. The first-order valence-corrected chi connectivity index (χ1v) is 11.4. The van der Waals surface area contributed by atoms with Crippen LogP contribution in [0.15, 0.2) is 29.2 Å². The summed E-state index contributed by atoms with van der Waals surface area (Å²) in [5, 5.41) is 3.16. The third-order valence-corrected chi connectivity index (χ3v) is 7.86. The molecule has 0 spiro atoms. The van der Waals surface area contributed by atoms with Crippen molar-refractivity contribution in [2.75, 3.05) is 33.7 Å². The minimum atomic E-state index is -3.52. The summed E-state index contributed by atoms with van der Waals surface area (Å²) in [6, 6.07) is 6.52. The first-order chi connectivity index (χ1) is 12.9. The van der Waals surface area contributed by atoms with Gasteiger partial charge in [-0.2, -0.15) is 4.31 Å². The van der Waals surface area contributed by atoms with Crippen LogP contribution in [0.3, 0.4) is 0 Å². The molecule has 1 saturated carbocycles. The predicted molar refractivity (Wildman–Crippen MR) is 113 cm³/mol. The number of carbonyl (C=O) groups is 1. The highest BCUT2D eigenvalue weighted by atomic mass is 35.5. The fourth-order valence-corrected chi connectivity index (χ4v) is 5.65. The average molecular weight is 430 g/mol. The molecule has 6 nitrogen and oxygen atoms in total. The Morgan fingerprint density at radius 1 is 1.14 bits per heavy atom. The quantitative estimate of drug-likeness (QED) is 0.754. The topological polar surface area (TPSA) is 69.7 Å². The summed E-state index contributed by atoms with van der Waals surface area (Å²) in [6.07, 6.45) is 6.22. The summed E-state index contributed by atoms with van der Waals surface area (Å²) in [6.45, 7) is 2.42. The molecule has 3 rings (SSSR count). The maximum absolute atomic E-state index is 12.9. The highest BCUT2D eigenvalue weighted by molar-refractivity contribution is 7.89. The van der Waals surface area contributed by atoms with Gasteiger partial charge in [0.2, 0.25) is 10.0 Å². The van der Waals surface area contributed by atoms with E-state index in [9.17, 15) is 13.2 Å². The molecule has 28 heavy (non-hydrogen) atoms.